The molecule has 6 nitrogen and oxygen atoms in total. The van der Waals surface area contributed by atoms with Crippen LogP contribution >= 0.6 is 0 Å². The largest absolute Gasteiger partial charge is 0.497 e. The average molecular weight is 381 g/mol. The number of halogens is 1. The van der Waals surface area contributed by atoms with Gasteiger partial charge in [-0.2, -0.15) is 5.10 Å². The molecule has 1 aliphatic heterocycles. The summed E-state index contributed by atoms with van der Waals surface area (Å²) < 4.78 is 25.8. The summed E-state index contributed by atoms with van der Waals surface area (Å²) in [6.07, 6.45) is 0. The van der Waals surface area contributed by atoms with Gasteiger partial charge in [0.15, 0.2) is 0 Å². The second-order valence-corrected chi connectivity index (χ2v) is 6.67. The SMILES string of the molecule is COc1ccc(OCc2cc3n(n2)[C@H](C)CN(c2ccc(F)cc2)C3=O)cc1. The number of aromatic nitrogens is 2. The molecule has 144 valence electrons. The maximum Gasteiger partial charge on any atom is 0.276 e. The minimum absolute atomic E-state index is 0.00695. The zero-order chi connectivity index (χ0) is 19.7. The molecule has 1 aromatic heterocycles. The maximum atomic E-state index is 13.2. The van der Waals surface area contributed by atoms with E-state index in [1.807, 2.05) is 31.2 Å². The third-order valence-corrected chi connectivity index (χ3v) is 4.70. The van der Waals surface area contributed by atoms with Crippen LogP contribution in [0.4, 0.5) is 10.1 Å². The van der Waals surface area contributed by atoms with Gasteiger partial charge in [0.1, 0.15) is 35.3 Å². The first-order valence-corrected chi connectivity index (χ1v) is 8.98. The van der Waals surface area contributed by atoms with Crippen molar-refractivity contribution in [1.82, 2.24) is 9.78 Å². The normalized spacial score (nSPS) is 16.0. The lowest BCUT2D eigenvalue weighted by Crippen LogP contribution is -2.42. The van der Waals surface area contributed by atoms with E-state index in [1.54, 1.807) is 34.9 Å². The number of ether oxygens (including phenoxy) is 2. The highest BCUT2D eigenvalue weighted by Crippen LogP contribution is 2.27. The van der Waals surface area contributed by atoms with Gasteiger partial charge < -0.3 is 14.4 Å². The molecule has 0 radical (unpaired) electrons. The molecule has 2 heterocycles. The molecular weight excluding hydrogens is 361 g/mol. The Hall–Kier alpha value is -3.35. The highest BCUT2D eigenvalue weighted by molar-refractivity contribution is 6.05. The summed E-state index contributed by atoms with van der Waals surface area (Å²) in [4.78, 5) is 14.6. The number of hydrogen-bond donors (Lipinski definition) is 0. The molecule has 0 aliphatic carbocycles. The zero-order valence-electron chi connectivity index (χ0n) is 15.6. The second-order valence-electron chi connectivity index (χ2n) is 6.67. The monoisotopic (exact) mass is 381 g/mol. The van der Waals surface area contributed by atoms with Gasteiger partial charge in [-0.3, -0.25) is 9.48 Å². The van der Waals surface area contributed by atoms with Crippen molar-refractivity contribution in [2.75, 3.05) is 18.6 Å². The smallest absolute Gasteiger partial charge is 0.276 e. The van der Waals surface area contributed by atoms with Gasteiger partial charge in [0, 0.05) is 12.2 Å². The van der Waals surface area contributed by atoms with Crippen LogP contribution in [0, 0.1) is 5.82 Å². The summed E-state index contributed by atoms with van der Waals surface area (Å²) in [5, 5.41) is 4.53. The number of carbonyl (C=O) groups is 1. The third kappa shape index (κ3) is 3.43. The Morgan fingerprint density at radius 1 is 1.11 bits per heavy atom. The van der Waals surface area contributed by atoms with Gasteiger partial charge in [-0.1, -0.05) is 0 Å². The molecule has 1 aliphatic rings. The van der Waals surface area contributed by atoms with Crippen molar-refractivity contribution < 1.29 is 18.7 Å². The van der Waals surface area contributed by atoms with E-state index in [-0.39, 0.29) is 24.4 Å². The summed E-state index contributed by atoms with van der Waals surface area (Å²) >= 11 is 0. The number of rotatable bonds is 5. The van der Waals surface area contributed by atoms with Crippen molar-refractivity contribution in [3.05, 3.63) is 71.8 Å². The molecule has 28 heavy (non-hydrogen) atoms. The van der Waals surface area contributed by atoms with Crippen LogP contribution in [0.5, 0.6) is 11.5 Å². The van der Waals surface area contributed by atoms with E-state index >= 15 is 0 Å². The predicted molar refractivity (Wildman–Crippen MR) is 102 cm³/mol. The molecule has 7 heteroatoms. The van der Waals surface area contributed by atoms with Crippen LogP contribution in [-0.2, 0) is 6.61 Å². The van der Waals surface area contributed by atoms with Crippen LogP contribution in [0.3, 0.4) is 0 Å². The number of benzene rings is 2. The van der Waals surface area contributed by atoms with Crippen LogP contribution < -0.4 is 14.4 Å². The minimum atomic E-state index is -0.329. The summed E-state index contributed by atoms with van der Waals surface area (Å²) in [6.45, 7) is 2.72. The minimum Gasteiger partial charge on any atom is -0.497 e. The first kappa shape index (κ1) is 18.0. The van der Waals surface area contributed by atoms with Crippen molar-refractivity contribution in [3.8, 4) is 11.5 Å². The molecule has 2 aromatic carbocycles. The average Bonchev–Trinajstić information content (AvgIpc) is 3.16. The van der Waals surface area contributed by atoms with E-state index in [4.69, 9.17) is 9.47 Å². The highest BCUT2D eigenvalue weighted by atomic mass is 19.1. The molecule has 0 bridgehead atoms. The molecule has 0 N–H and O–H groups in total. The van der Waals surface area contributed by atoms with E-state index in [9.17, 15) is 9.18 Å². The lowest BCUT2D eigenvalue weighted by molar-refractivity contribution is 0.0953. The van der Waals surface area contributed by atoms with Gasteiger partial charge in [-0.25, -0.2) is 4.39 Å². The van der Waals surface area contributed by atoms with Crippen molar-refractivity contribution in [2.45, 2.75) is 19.6 Å². The summed E-state index contributed by atoms with van der Waals surface area (Å²) in [5.74, 6) is 0.960. The van der Waals surface area contributed by atoms with Gasteiger partial charge >= 0.3 is 0 Å². The fourth-order valence-electron chi connectivity index (χ4n) is 3.25. The Morgan fingerprint density at radius 2 is 1.79 bits per heavy atom. The fraction of sp³-hybridized carbons (Fsp3) is 0.238. The summed E-state index contributed by atoms with van der Waals surface area (Å²) in [6, 6.07) is 14.9. The lowest BCUT2D eigenvalue weighted by Gasteiger charge is -2.31. The number of fused-ring (bicyclic) bond motifs is 1. The standard InChI is InChI=1S/C21H20FN3O3/c1-14-12-24(17-5-3-15(22)4-6-17)21(26)20-11-16(23-25(14)20)13-28-19-9-7-18(27-2)8-10-19/h3-11,14H,12-13H2,1-2H3/t14-/m1/s1. The van der Waals surface area contributed by atoms with Gasteiger partial charge in [-0.05, 0) is 61.5 Å². The number of carbonyl (C=O) groups excluding carboxylic acids is 1. The molecule has 0 fully saturated rings. The summed E-state index contributed by atoms with van der Waals surface area (Å²) in [7, 11) is 1.61. The first-order chi connectivity index (χ1) is 13.5. The second kappa shape index (κ2) is 7.34. The van der Waals surface area contributed by atoms with E-state index in [0.29, 0.717) is 29.4 Å². The Morgan fingerprint density at radius 3 is 2.46 bits per heavy atom. The van der Waals surface area contributed by atoms with Crippen molar-refractivity contribution in [3.63, 3.8) is 0 Å². The number of anilines is 1. The Labute approximate surface area is 162 Å². The summed E-state index contributed by atoms with van der Waals surface area (Å²) in [5.41, 5.74) is 1.84. The first-order valence-electron chi connectivity index (χ1n) is 8.98. The Kier molecular flexibility index (Phi) is 4.73. The molecule has 1 atom stereocenters. The van der Waals surface area contributed by atoms with Gasteiger partial charge in [0.2, 0.25) is 0 Å². The quantitative estimate of drug-likeness (QED) is 0.674. The molecular formula is C21H20FN3O3. The number of hydrogen-bond acceptors (Lipinski definition) is 4. The molecule has 4 rings (SSSR count). The van der Waals surface area contributed by atoms with Crippen LogP contribution in [0.15, 0.2) is 54.6 Å². The fourth-order valence-corrected chi connectivity index (χ4v) is 3.25. The van der Waals surface area contributed by atoms with E-state index in [0.717, 1.165) is 5.75 Å². The lowest BCUT2D eigenvalue weighted by atomic mass is 10.1. The maximum absolute atomic E-state index is 13.2. The van der Waals surface area contributed by atoms with E-state index in [2.05, 4.69) is 5.10 Å². The third-order valence-electron chi connectivity index (χ3n) is 4.70. The molecule has 3 aromatic rings. The Balaban J connectivity index is 1.52. The van der Waals surface area contributed by atoms with Crippen LogP contribution in [0.2, 0.25) is 0 Å². The van der Waals surface area contributed by atoms with Gasteiger partial charge in [-0.15, -0.1) is 0 Å². The highest BCUT2D eigenvalue weighted by Gasteiger charge is 2.31. The molecule has 0 saturated carbocycles. The van der Waals surface area contributed by atoms with E-state index < -0.39 is 0 Å². The number of amides is 1. The van der Waals surface area contributed by atoms with Crippen molar-refractivity contribution in [1.29, 1.82) is 0 Å². The van der Waals surface area contributed by atoms with Crippen LogP contribution in [-0.4, -0.2) is 29.3 Å². The van der Waals surface area contributed by atoms with E-state index in [1.165, 1.54) is 12.1 Å². The number of nitrogens with zero attached hydrogens (tertiary/aromatic N) is 3. The topological polar surface area (TPSA) is 56.6 Å². The van der Waals surface area contributed by atoms with Gasteiger partial charge in [0.05, 0.1) is 13.2 Å². The van der Waals surface area contributed by atoms with Crippen molar-refractivity contribution >= 4 is 11.6 Å². The molecule has 0 spiro atoms. The predicted octanol–water partition coefficient (Wildman–Crippen LogP) is 3.83. The zero-order valence-corrected chi connectivity index (χ0v) is 15.6. The van der Waals surface area contributed by atoms with Crippen molar-refractivity contribution in [2.24, 2.45) is 0 Å². The molecule has 1 amide bonds. The molecule has 0 saturated heterocycles. The van der Waals surface area contributed by atoms with Gasteiger partial charge in [0.25, 0.3) is 5.91 Å². The number of methoxy groups -OCH3 is 1. The molecule has 0 unspecified atom stereocenters. The van der Waals surface area contributed by atoms with Crippen LogP contribution in [0.25, 0.3) is 0 Å². The van der Waals surface area contributed by atoms with Crippen LogP contribution in [0.1, 0.15) is 29.1 Å². The Bertz CT molecular complexity index is 983.